The highest BCUT2D eigenvalue weighted by Gasteiger charge is 2.48. The largest absolute Gasteiger partial charge is 0.360 e. The third-order valence-corrected chi connectivity index (χ3v) is 6.00. The van der Waals surface area contributed by atoms with Crippen molar-refractivity contribution < 1.29 is 18.3 Å². The van der Waals surface area contributed by atoms with E-state index < -0.39 is 11.6 Å². The molecule has 4 nitrogen and oxygen atoms in total. The van der Waals surface area contributed by atoms with Gasteiger partial charge in [-0.2, -0.15) is 0 Å². The summed E-state index contributed by atoms with van der Waals surface area (Å²) in [4.78, 5) is 16.7. The highest BCUT2D eigenvalue weighted by molar-refractivity contribution is 5.82. The van der Waals surface area contributed by atoms with Crippen molar-refractivity contribution in [3.05, 3.63) is 35.4 Å². The summed E-state index contributed by atoms with van der Waals surface area (Å²) in [6.45, 7) is 4.98. The van der Waals surface area contributed by atoms with Gasteiger partial charge in [-0.3, -0.25) is 4.79 Å². The molecule has 26 heavy (non-hydrogen) atoms. The summed E-state index contributed by atoms with van der Waals surface area (Å²) in [6, 6.07) is 4.77. The molecule has 1 aromatic carbocycles. The highest BCUT2D eigenvalue weighted by atomic mass is 19.2. The van der Waals surface area contributed by atoms with Gasteiger partial charge in [-0.25, -0.2) is 8.78 Å². The summed E-state index contributed by atoms with van der Waals surface area (Å²) in [5, 5.41) is 0. The first-order valence-corrected chi connectivity index (χ1v) is 9.61. The molecule has 2 heterocycles. The zero-order valence-corrected chi connectivity index (χ0v) is 15.2. The van der Waals surface area contributed by atoms with Crippen LogP contribution in [0.15, 0.2) is 18.2 Å². The molecular formula is C20H26F2N2O2. The van der Waals surface area contributed by atoms with Gasteiger partial charge in [0.1, 0.15) is 6.10 Å². The Morgan fingerprint density at radius 3 is 2.65 bits per heavy atom. The molecule has 0 bridgehead atoms. The number of nitrogens with zero attached hydrogens (tertiary/aromatic N) is 2. The Hall–Kier alpha value is -1.53. The molecule has 3 fully saturated rings. The molecular weight excluding hydrogens is 338 g/mol. The van der Waals surface area contributed by atoms with Crippen LogP contribution in [-0.4, -0.2) is 59.6 Å². The van der Waals surface area contributed by atoms with Crippen molar-refractivity contribution >= 4 is 5.91 Å². The van der Waals surface area contributed by atoms with Crippen LogP contribution >= 0.6 is 0 Å². The minimum absolute atomic E-state index is 0.127. The SMILES string of the molecule is C[C@H]1OC2(CCN(CCc3cccc(F)c3F)CC2)CN(C2CC2)C1=O. The van der Waals surface area contributed by atoms with Crippen molar-refractivity contribution in [1.82, 2.24) is 9.80 Å². The number of benzene rings is 1. The third kappa shape index (κ3) is 3.49. The van der Waals surface area contributed by atoms with Crippen molar-refractivity contribution in [3.8, 4) is 0 Å². The van der Waals surface area contributed by atoms with Crippen molar-refractivity contribution in [1.29, 1.82) is 0 Å². The van der Waals surface area contributed by atoms with Crippen molar-refractivity contribution in [2.45, 2.75) is 56.8 Å². The average molecular weight is 364 g/mol. The van der Waals surface area contributed by atoms with E-state index in [1.807, 2.05) is 11.8 Å². The zero-order valence-electron chi connectivity index (χ0n) is 15.2. The normalized spacial score (nSPS) is 26.5. The Labute approximate surface area is 153 Å². The summed E-state index contributed by atoms with van der Waals surface area (Å²) in [6.07, 6.45) is 4.11. The summed E-state index contributed by atoms with van der Waals surface area (Å²) in [5.41, 5.74) is 0.189. The number of carbonyl (C=O) groups excluding carboxylic acids is 1. The number of hydrogen-bond donors (Lipinski definition) is 0. The van der Waals surface area contributed by atoms with Crippen LogP contribution in [0.1, 0.15) is 38.2 Å². The molecule has 0 aromatic heterocycles. The monoisotopic (exact) mass is 364 g/mol. The lowest BCUT2D eigenvalue weighted by molar-refractivity contribution is -0.190. The molecule has 142 valence electrons. The molecule has 2 saturated heterocycles. The van der Waals surface area contributed by atoms with E-state index in [1.54, 1.807) is 12.1 Å². The summed E-state index contributed by atoms with van der Waals surface area (Å²) >= 11 is 0. The molecule has 0 radical (unpaired) electrons. The Balaban J connectivity index is 1.33. The number of morpholine rings is 1. The van der Waals surface area contributed by atoms with E-state index in [9.17, 15) is 13.6 Å². The Bertz CT molecular complexity index is 684. The van der Waals surface area contributed by atoms with Crippen molar-refractivity contribution in [2.24, 2.45) is 0 Å². The summed E-state index contributed by atoms with van der Waals surface area (Å²) < 4.78 is 33.3. The van der Waals surface area contributed by atoms with Gasteiger partial charge in [0, 0.05) is 25.7 Å². The van der Waals surface area contributed by atoms with Gasteiger partial charge in [-0.05, 0) is 50.7 Å². The molecule has 1 aromatic rings. The van der Waals surface area contributed by atoms with E-state index in [0.717, 1.165) is 44.8 Å². The molecule has 6 heteroatoms. The number of piperidine rings is 1. The van der Waals surface area contributed by atoms with Gasteiger partial charge in [0.05, 0.1) is 12.1 Å². The minimum Gasteiger partial charge on any atom is -0.360 e. The van der Waals surface area contributed by atoms with Crippen LogP contribution < -0.4 is 0 Å². The predicted octanol–water partition coefficient (Wildman–Crippen LogP) is 2.75. The van der Waals surface area contributed by atoms with Gasteiger partial charge in [0.2, 0.25) is 0 Å². The lowest BCUT2D eigenvalue weighted by Crippen LogP contribution is -2.61. The molecule has 1 atom stereocenters. The van der Waals surface area contributed by atoms with Crippen LogP contribution in [0, 0.1) is 11.6 Å². The number of ether oxygens (including phenoxy) is 1. The van der Waals surface area contributed by atoms with Gasteiger partial charge in [-0.1, -0.05) is 12.1 Å². The van der Waals surface area contributed by atoms with Crippen LogP contribution in [0.25, 0.3) is 0 Å². The van der Waals surface area contributed by atoms with Crippen LogP contribution in [0.2, 0.25) is 0 Å². The quantitative estimate of drug-likeness (QED) is 0.824. The van der Waals surface area contributed by atoms with Gasteiger partial charge in [0.25, 0.3) is 5.91 Å². The van der Waals surface area contributed by atoms with E-state index in [1.165, 1.54) is 0 Å². The fourth-order valence-corrected chi connectivity index (χ4v) is 4.26. The standard InChI is InChI=1S/C20H26F2N2O2/c1-14-19(25)24(16-5-6-16)13-20(26-14)8-11-23(12-9-20)10-7-15-3-2-4-17(21)18(15)22/h2-4,14,16H,5-13H2,1H3/t14-/m1/s1. The first-order chi connectivity index (χ1) is 12.5. The Kier molecular flexibility index (Phi) is 4.73. The van der Waals surface area contributed by atoms with E-state index in [2.05, 4.69) is 4.90 Å². The first-order valence-electron chi connectivity index (χ1n) is 9.61. The maximum absolute atomic E-state index is 13.8. The van der Waals surface area contributed by atoms with Gasteiger partial charge < -0.3 is 14.5 Å². The first kappa shape index (κ1) is 17.9. The molecule has 0 unspecified atom stereocenters. The summed E-state index contributed by atoms with van der Waals surface area (Å²) in [7, 11) is 0. The van der Waals surface area contributed by atoms with Crippen LogP contribution in [0.3, 0.4) is 0 Å². The van der Waals surface area contributed by atoms with Crippen LogP contribution in [-0.2, 0) is 16.0 Å². The zero-order chi connectivity index (χ0) is 18.3. The highest BCUT2D eigenvalue weighted by Crippen LogP contribution is 2.38. The van der Waals surface area contributed by atoms with Gasteiger partial charge in [0.15, 0.2) is 11.6 Å². The van der Waals surface area contributed by atoms with Gasteiger partial charge in [-0.15, -0.1) is 0 Å². The number of amides is 1. The maximum atomic E-state index is 13.8. The van der Waals surface area contributed by atoms with Crippen molar-refractivity contribution in [3.63, 3.8) is 0 Å². The van der Waals surface area contributed by atoms with Crippen molar-refractivity contribution in [2.75, 3.05) is 26.2 Å². The average Bonchev–Trinajstić information content (AvgIpc) is 3.46. The number of rotatable bonds is 4. The van der Waals surface area contributed by atoms with E-state index >= 15 is 0 Å². The fourth-order valence-electron chi connectivity index (χ4n) is 4.26. The fraction of sp³-hybridized carbons (Fsp3) is 0.650. The van der Waals surface area contributed by atoms with Crippen LogP contribution in [0.4, 0.5) is 8.78 Å². The number of halogens is 2. The number of carbonyl (C=O) groups is 1. The Morgan fingerprint density at radius 1 is 1.23 bits per heavy atom. The number of hydrogen-bond acceptors (Lipinski definition) is 3. The minimum atomic E-state index is -0.783. The lowest BCUT2D eigenvalue weighted by atomic mass is 9.88. The number of likely N-dealkylation sites (tertiary alicyclic amines) is 1. The van der Waals surface area contributed by atoms with E-state index in [4.69, 9.17) is 4.74 Å². The molecule has 1 aliphatic carbocycles. The molecule has 1 saturated carbocycles. The Morgan fingerprint density at radius 2 is 1.96 bits per heavy atom. The molecule has 0 N–H and O–H groups in total. The third-order valence-electron chi connectivity index (χ3n) is 6.00. The molecule has 2 aliphatic heterocycles. The smallest absolute Gasteiger partial charge is 0.251 e. The van der Waals surface area contributed by atoms with E-state index in [0.29, 0.717) is 31.1 Å². The van der Waals surface area contributed by atoms with Crippen LogP contribution in [0.5, 0.6) is 0 Å². The van der Waals surface area contributed by atoms with E-state index in [-0.39, 0.29) is 17.6 Å². The predicted molar refractivity (Wildman–Crippen MR) is 93.7 cm³/mol. The second kappa shape index (κ2) is 6.89. The summed E-state index contributed by atoms with van der Waals surface area (Å²) in [5.74, 6) is -1.39. The van der Waals surface area contributed by atoms with Gasteiger partial charge >= 0.3 is 0 Å². The second-order valence-corrected chi connectivity index (χ2v) is 7.94. The molecule has 1 spiro atoms. The topological polar surface area (TPSA) is 32.8 Å². The molecule has 4 rings (SSSR count). The lowest BCUT2D eigenvalue weighted by Gasteiger charge is -2.49. The molecule has 1 amide bonds. The maximum Gasteiger partial charge on any atom is 0.251 e. The molecule has 3 aliphatic rings. The second-order valence-electron chi connectivity index (χ2n) is 7.94.